The summed E-state index contributed by atoms with van der Waals surface area (Å²) < 4.78 is 36.0. The molecular weight excluding hydrogens is 662 g/mol. The van der Waals surface area contributed by atoms with Crippen LogP contribution < -0.4 is 0 Å². The fourth-order valence-corrected chi connectivity index (χ4v) is 7.47. The Kier molecular flexibility index (Phi) is 17.2. The minimum atomic E-state index is -1.23. The molecule has 3 aliphatic rings. The molecule has 16 unspecified atom stereocenters. The van der Waals surface area contributed by atoms with Gasteiger partial charge in [0.25, 0.3) is 0 Å². The molecule has 13 nitrogen and oxygen atoms in total. The number of hydrogen-bond donors (Lipinski definition) is 4. The minimum Gasteiger partial charge on any atom is -0.462 e. The highest BCUT2D eigenvalue weighted by Gasteiger charge is 2.45. The Balaban J connectivity index is 1.92. The lowest BCUT2D eigenvalue weighted by Gasteiger charge is -2.44. The molecule has 2 saturated heterocycles. The van der Waals surface area contributed by atoms with E-state index in [-0.39, 0.29) is 42.8 Å². The summed E-state index contributed by atoms with van der Waals surface area (Å²) in [5.74, 6) is -2.32. The molecule has 13 heteroatoms. The summed E-state index contributed by atoms with van der Waals surface area (Å²) in [6, 6.07) is -0.199. The number of rotatable bonds is 9. The quantitative estimate of drug-likeness (QED) is 0.256. The molecule has 0 amide bonds. The Morgan fingerprint density at radius 3 is 2.18 bits per heavy atom. The van der Waals surface area contributed by atoms with Gasteiger partial charge < -0.3 is 53.7 Å². The van der Waals surface area contributed by atoms with E-state index < -0.39 is 79.2 Å². The largest absolute Gasteiger partial charge is 0.462 e. The summed E-state index contributed by atoms with van der Waals surface area (Å²) in [6.45, 7) is 13.0. The number of nitrogens with zero attached hydrogens (tertiary/aromatic N) is 1. The van der Waals surface area contributed by atoms with Crippen LogP contribution in [0, 0.1) is 23.7 Å². The first-order chi connectivity index (χ1) is 24.0. The van der Waals surface area contributed by atoms with Gasteiger partial charge in [0.05, 0.1) is 37.4 Å². The monoisotopic (exact) mass is 727 g/mol. The highest BCUT2D eigenvalue weighted by Crippen LogP contribution is 2.34. The van der Waals surface area contributed by atoms with Gasteiger partial charge in [-0.1, -0.05) is 51.8 Å². The molecule has 0 saturated carbocycles. The van der Waals surface area contributed by atoms with E-state index in [0.29, 0.717) is 25.7 Å². The molecule has 0 radical (unpaired) electrons. The normalized spacial score (nSPS) is 42.5. The summed E-state index contributed by atoms with van der Waals surface area (Å²) >= 11 is 0. The number of cyclic esters (lactones) is 1. The predicted molar refractivity (Wildman–Crippen MR) is 189 cm³/mol. The van der Waals surface area contributed by atoms with Crippen molar-refractivity contribution in [3.05, 3.63) is 23.8 Å². The molecule has 4 N–H and O–H groups in total. The second-order valence-electron chi connectivity index (χ2n) is 15.1. The lowest BCUT2D eigenvalue weighted by molar-refractivity contribution is -0.300. The van der Waals surface area contributed by atoms with E-state index in [0.717, 1.165) is 5.57 Å². The number of ether oxygens (including phenoxy) is 6. The van der Waals surface area contributed by atoms with E-state index in [9.17, 15) is 30.0 Å². The van der Waals surface area contributed by atoms with Crippen LogP contribution in [0.5, 0.6) is 0 Å². The van der Waals surface area contributed by atoms with Gasteiger partial charge in [0.15, 0.2) is 18.4 Å². The maximum Gasteiger partial charge on any atom is 0.308 e. The maximum atomic E-state index is 13.5. The molecule has 3 rings (SSSR count). The van der Waals surface area contributed by atoms with Crippen LogP contribution in [0.25, 0.3) is 0 Å². The van der Waals surface area contributed by atoms with Crippen LogP contribution >= 0.6 is 0 Å². The molecule has 0 aromatic rings. The van der Waals surface area contributed by atoms with Gasteiger partial charge in [-0.15, -0.1) is 0 Å². The van der Waals surface area contributed by atoms with E-state index in [4.69, 9.17) is 28.4 Å². The average molecular weight is 728 g/mol. The summed E-state index contributed by atoms with van der Waals surface area (Å²) in [6.07, 6.45) is -2.64. The summed E-state index contributed by atoms with van der Waals surface area (Å²) in [5.41, 5.74) is 0.748. The highest BCUT2D eigenvalue weighted by atomic mass is 16.7. The van der Waals surface area contributed by atoms with Crippen molar-refractivity contribution < 1.29 is 58.4 Å². The Morgan fingerprint density at radius 2 is 1.57 bits per heavy atom. The van der Waals surface area contributed by atoms with Gasteiger partial charge in [-0.3, -0.25) is 9.59 Å². The first kappa shape index (κ1) is 43.6. The zero-order valence-electron chi connectivity index (χ0n) is 32.2. The number of likely N-dealkylation sites (N-methyl/N-ethyl adjacent to an activating group) is 1. The number of aliphatic hydroxyl groups excluding tert-OH is 4. The third kappa shape index (κ3) is 11.6. The minimum absolute atomic E-state index is 0.00447. The van der Waals surface area contributed by atoms with Crippen LogP contribution in [0.2, 0.25) is 0 Å². The summed E-state index contributed by atoms with van der Waals surface area (Å²) in [5, 5.41) is 43.7. The molecular formula is C38H65NO12. The van der Waals surface area contributed by atoms with Gasteiger partial charge in [0.1, 0.15) is 30.5 Å². The fraction of sp³-hybridized carbons (Fsp3) is 0.842. The fourth-order valence-electron chi connectivity index (χ4n) is 7.47. The van der Waals surface area contributed by atoms with E-state index in [1.807, 2.05) is 66.6 Å². The van der Waals surface area contributed by atoms with Crippen LogP contribution in [0.4, 0.5) is 0 Å². The third-order valence-corrected chi connectivity index (χ3v) is 10.9. The van der Waals surface area contributed by atoms with Crippen LogP contribution in [-0.2, 0) is 38.0 Å². The number of hydrogen-bond acceptors (Lipinski definition) is 13. The van der Waals surface area contributed by atoms with Gasteiger partial charge in [0, 0.05) is 30.9 Å². The van der Waals surface area contributed by atoms with Crippen molar-refractivity contribution >= 4 is 11.8 Å². The van der Waals surface area contributed by atoms with E-state index in [2.05, 4.69) is 0 Å². The number of esters is 1. The van der Waals surface area contributed by atoms with E-state index >= 15 is 0 Å². The van der Waals surface area contributed by atoms with Gasteiger partial charge in [0.2, 0.25) is 0 Å². The maximum absolute atomic E-state index is 13.5. The number of methoxy groups -OCH3 is 1. The van der Waals surface area contributed by atoms with E-state index in [1.54, 1.807) is 19.1 Å². The second-order valence-corrected chi connectivity index (χ2v) is 15.1. The smallest absolute Gasteiger partial charge is 0.308 e. The molecule has 0 spiro atoms. The Labute approximate surface area is 304 Å². The molecule has 0 aromatic carbocycles. The zero-order chi connectivity index (χ0) is 38.2. The van der Waals surface area contributed by atoms with Crippen molar-refractivity contribution in [1.82, 2.24) is 4.90 Å². The van der Waals surface area contributed by atoms with Gasteiger partial charge >= 0.3 is 5.97 Å². The average Bonchev–Trinajstić information content (AvgIpc) is 3.08. The van der Waals surface area contributed by atoms with Gasteiger partial charge in [-0.25, -0.2) is 0 Å². The van der Waals surface area contributed by atoms with E-state index in [1.165, 1.54) is 7.11 Å². The van der Waals surface area contributed by atoms with Crippen molar-refractivity contribution in [2.45, 2.75) is 154 Å². The molecule has 0 bridgehead atoms. The van der Waals surface area contributed by atoms with Crippen molar-refractivity contribution in [3.63, 3.8) is 0 Å². The topological polar surface area (TPSA) is 174 Å². The SMILES string of the molecule is CCC1CC(C)C(=O)C=CC(C)=CC(COC2OC(C)C(O)C(O)C2OC)C(CC)OC(=O)CC(O)C(C)C1OC1OC(C)CC(N(C)C)C1O. The Bertz CT molecular complexity index is 1160. The van der Waals surface area contributed by atoms with Crippen molar-refractivity contribution in [1.29, 1.82) is 0 Å². The molecule has 3 heterocycles. The molecule has 0 aliphatic carbocycles. The molecule has 0 aromatic heterocycles. The summed E-state index contributed by atoms with van der Waals surface area (Å²) in [7, 11) is 5.19. The number of ketones is 1. The Hall–Kier alpha value is -1.78. The molecule has 294 valence electrons. The number of allylic oxidation sites excluding steroid dienone is 3. The second kappa shape index (κ2) is 20.1. The molecule has 2 fully saturated rings. The Morgan fingerprint density at radius 1 is 0.882 bits per heavy atom. The van der Waals surface area contributed by atoms with Crippen LogP contribution in [0.15, 0.2) is 23.8 Å². The van der Waals surface area contributed by atoms with Crippen LogP contribution in [0.1, 0.15) is 80.6 Å². The van der Waals surface area contributed by atoms with Crippen LogP contribution in [-0.4, -0.2) is 138 Å². The highest BCUT2D eigenvalue weighted by molar-refractivity contribution is 5.91. The predicted octanol–water partition coefficient (Wildman–Crippen LogP) is 2.76. The number of carbonyl (C=O) groups excluding carboxylic acids is 2. The van der Waals surface area contributed by atoms with Gasteiger partial charge in [-0.05, 0) is 66.1 Å². The molecule has 51 heavy (non-hydrogen) atoms. The number of carbonyl (C=O) groups is 2. The lowest BCUT2D eigenvalue weighted by atomic mass is 9.80. The summed E-state index contributed by atoms with van der Waals surface area (Å²) in [4.78, 5) is 28.9. The number of aliphatic hydroxyl groups is 4. The third-order valence-electron chi connectivity index (χ3n) is 10.9. The van der Waals surface area contributed by atoms with Crippen molar-refractivity contribution in [3.8, 4) is 0 Å². The van der Waals surface area contributed by atoms with Crippen LogP contribution in [0.3, 0.4) is 0 Å². The van der Waals surface area contributed by atoms with Crippen molar-refractivity contribution in [2.24, 2.45) is 23.7 Å². The standard InChI is InChI=1S/C38H65NO12/c1-11-25-16-21(4)28(40)14-13-20(3)15-26(19-47-38-36(46-10)34(45)32(43)24(7)49-38)30(12-2)50-31(42)18-29(41)23(6)35(25)51-37-33(44)27(39(8)9)17-22(5)48-37/h13-15,21-27,29-30,32-38,41,43-45H,11-12,16-19H2,1-10H3. The molecule has 3 aliphatic heterocycles. The lowest BCUT2D eigenvalue weighted by Crippen LogP contribution is -2.58. The van der Waals surface area contributed by atoms with Crippen molar-refractivity contribution in [2.75, 3.05) is 27.8 Å². The van der Waals surface area contributed by atoms with Gasteiger partial charge in [-0.2, -0.15) is 0 Å². The zero-order valence-corrected chi connectivity index (χ0v) is 32.2. The first-order valence-corrected chi connectivity index (χ1v) is 18.6. The molecule has 16 atom stereocenters. The first-order valence-electron chi connectivity index (χ1n) is 18.6.